The van der Waals surface area contributed by atoms with Crippen LogP contribution in [0.2, 0.25) is 0 Å². The standard InChI is InChI=1S/C13H20N4O2/c1-3-14-12(18)10-5-6-11(16-15-10)17-8-4-7-13(2,19)9-17/h5-6,19H,3-4,7-9H2,1-2H3,(H,14,18). The third-order valence-electron chi connectivity index (χ3n) is 3.22. The third-order valence-corrected chi connectivity index (χ3v) is 3.22. The Hall–Kier alpha value is -1.69. The maximum Gasteiger partial charge on any atom is 0.271 e. The van der Waals surface area contributed by atoms with Crippen LogP contribution in [-0.2, 0) is 0 Å². The lowest BCUT2D eigenvalue weighted by Gasteiger charge is -2.37. The van der Waals surface area contributed by atoms with Crippen molar-refractivity contribution in [3.05, 3.63) is 17.8 Å². The van der Waals surface area contributed by atoms with E-state index in [1.54, 1.807) is 12.1 Å². The molecular formula is C13H20N4O2. The van der Waals surface area contributed by atoms with Gasteiger partial charge in [-0.1, -0.05) is 0 Å². The lowest BCUT2D eigenvalue weighted by atomic mass is 9.95. The minimum Gasteiger partial charge on any atom is -0.388 e. The number of carbonyl (C=O) groups excluding carboxylic acids is 1. The number of β-amino-alcohol motifs (C(OH)–C–C–N with tert-alkyl or cyclic N) is 1. The zero-order chi connectivity index (χ0) is 13.9. The molecule has 1 unspecified atom stereocenters. The molecule has 2 heterocycles. The Labute approximate surface area is 112 Å². The first-order valence-corrected chi connectivity index (χ1v) is 6.61. The molecule has 0 saturated carbocycles. The quantitative estimate of drug-likeness (QED) is 0.835. The zero-order valence-electron chi connectivity index (χ0n) is 11.4. The molecule has 0 aromatic carbocycles. The summed E-state index contributed by atoms with van der Waals surface area (Å²) in [4.78, 5) is 13.6. The van der Waals surface area contributed by atoms with Crippen LogP contribution in [0.1, 0.15) is 37.2 Å². The van der Waals surface area contributed by atoms with Crippen molar-refractivity contribution in [2.45, 2.75) is 32.3 Å². The van der Waals surface area contributed by atoms with Crippen LogP contribution in [0.25, 0.3) is 0 Å². The molecule has 6 heteroatoms. The Morgan fingerprint density at radius 3 is 2.89 bits per heavy atom. The van der Waals surface area contributed by atoms with Gasteiger partial charge in [0.05, 0.1) is 5.60 Å². The van der Waals surface area contributed by atoms with Crippen molar-refractivity contribution in [1.29, 1.82) is 0 Å². The minimum absolute atomic E-state index is 0.216. The number of anilines is 1. The first-order chi connectivity index (χ1) is 9.02. The van der Waals surface area contributed by atoms with Crippen LogP contribution in [0.5, 0.6) is 0 Å². The first-order valence-electron chi connectivity index (χ1n) is 6.61. The molecule has 2 rings (SSSR count). The molecule has 104 valence electrons. The number of hydrogen-bond acceptors (Lipinski definition) is 5. The molecular weight excluding hydrogens is 244 g/mol. The van der Waals surface area contributed by atoms with E-state index in [4.69, 9.17) is 0 Å². The van der Waals surface area contributed by atoms with Crippen molar-refractivity contribution in [2.24, 2.45) is 0 Å². The summed E-state index contributed by atoms with van der Waals surface area (Å²) in [6.07, 6.45) is 1.72. The Bertz CT molecular complexity index is 444. The number of nitrogens with one attached hydrogen (secondary N) is 1. The van der Waals surface area contributed by atoms with Gasteiger partial charge < -0.3 is 15.3 Å². The summed E-state index contributed by atoms with van der Waals surface area (Å²) in [5.41, 5.74) is -0.368. The molecule has 6 nitrogen and oxygen atoms in total. The summed E-state index contributed by atoms with van der Waals surface area (Å²) in [5, 5.41) is 20.8. The smallest absolute Gasteiger partial charge is 0.271 e. The number of nitrogens with zero attached hydrogens (tertiary/aromatic N) is 3. The summed E-state index contributed by atoms with van der Waals surface area (Å²) < 4.78 is 0. The van der Waals surface area contributed by atoms with Gasteiger partial charge in [0.15, 0.2) is 11.5 Å². The van der Waals surface area contributed by atoms with Crippen LogP contribution in [-0.4, -0.2) is 46.4 Å². The number of carbonyl (C=O) groups is 1. The van der Waals surface area contributed by atoms with Gasteiger partial charge in [-0.2, -0.15) is 0 Å². The van der Waals surface area contributed by atoms with E-state index < -0.39 is 5.60 Å². The van der Waals surface area contributed by atoms with Gasteiger partial charge in [0.2, 0.25) is 0 Å². The van der Waals surface area contributed by atoms with Crippen molar-refractivity contribution in [2.75, 3.05) is 24.5 Å². The number of aliphatic hydroxyl groups is 1. The molecule has 1 aliphatic heterocycles. The van der Waals surface area contributed by atoms with Crippen molar-refractivity contribution in [1.82, 2.24) is 15.5 Å². The number of hydrogen-bond donors (Lipinski definition) is 2. The van der Waals surface area contributed by atoms with E-state index in [1.807, 2.05) is 18.7 Å². The van der Waals surface area contributed by atoms with Crippen molar-refractivity contribution in [3.63, 3.8) is 0 Å². The minimum atomic E-state index is -0.682. The maximum atomic E-state index is 11.6. The highest BCUT2D eigenvalue weighted by Crippen LogP contribution is 2.23. The van der Waals surface area contributed by atoms with Gasteiger partial charge in [-0.25, -0.2) is 0 Å². The molecule has 1 fully saturated rings. The number of aromatic nitrogens is 2. The van der Waals surface area contributed by atoms with Crippen LogP contribution >= 0.6 is 0 Å². The van der Waals surface area contributed by atoms with Crippen LogP contribution in [0, 0.1) is 0 Å². The molecule has 2 N–H and O–H groups in total. The predicted octanol–water partition coefficient (Wildman–Crippen LogP) is 0.577. The maximum absolute atomic E-state index is 11.6. The van der Waals surface area contributed by atoms with Crippen LogP contribution < -0.4 is 10.2 Å². The Kier molecular flexibility index (Phi) is 3.99. The van der Waals surface area contributed by atoms with E-state index in [2.05, 4.69) is 15.5 Å². The second kappa shape index (κ2) is 5.52. The fourth-order valence-electron chi connectivity index (χ4n) is 2.28. The van der Waals surface area contributed by atoms with E-state index in [-0.39, 0.29) is 5.91 Å². The topological polar surface area (TPSA) is 78.4 Å². The molecule has 1 atom stereocenters. The van der Waals surface area contributed by atoms with E-state index in [1.165, 1.54) is 0 Å². The first kappa shape index (κ1) is 13.7. The summed E-state index contributed by atoms with van der Waals surface area (Å²) in [5.74, 6) is 0.486. The van der Waals surface area contributed by atoms with Gasteiger partial charge in [0.1, 0.15) is 0 Å². The molecule has 19 heavy (non-hydrogen) atoms. The molecule has 1 aromatic heterocycles. The lowest BCUT2D eigenvalue weighted by Crippen LogP contribution is -2.46. The predicted molar refractivity (Wildman–Crippen MR) is 72.1 cm³/mol. The van der Waals surface area contributed by atoms with E-state index in [0.717, 1.165) is 19.4 Å². The SMILES string of the molecule is CCNC(=O)c1ccc(N2CCCC(C)(O)C2)nn1. The zero-order valence-corrected chi connectivity index (χ0v) is 11.4. The van der Waals surface area contributed by atoms with Gasteiger partial charge in [0, 0.05) is 19.6 Å². The van der Waals surface area contributed by atoms with Crippen molar-refractivity contribution < 1.29 is 9.90 Å². The second-order valence-electron chi connectivity index (χ2n) is 5.16. The van der Waals surface area contributed by atoms with E-state index >= 15 is 0 Å². The molecule has 1 aromatic rings. The number of rotatable bonds is 3. The van der Waals surface area contributed by atoms with Gasteiger partial charge in [-0.05, 0) is 38.8 Å². The monoisotopic (exact) mass is 264 g/mol. The van der Waals surface area contributed by atoms with Gasteiger partial charge >= 0.3 is 0 Å². The van der Waals surface area contributed by atoms with E-state index in [0.29, 0.717) is 24.6 Å². The highest BCUT2D eigenvalue weighted by molar-refractivity contribution is 5.92. The average molecular weight is 264 g/mol. The molecule has 0 aliphatic carbocycles. The van der Waals surface area contributed by atoms with Crippen molar-refractivity contribution in [3.8, 4) is 0 Å². The van der Waals surface area contributed by atoms with Gasteiger partial charge in [-0.3, -0.25) is 4.79 Å². The third kappa shape index (κ3) is 3.41. The average Bonchev–Trinajstić information content (AvgIpc) is 2.38. The Morgan fingerprint density at radius 1 is 1.53 bits per heavy atom. The van der Waals surface area contributed by atoms with Gasteiger partial charge in [-0.15, -0.1) is 10.2 Å². The highest BCUT2D eigenvalue weighted by Gasteiger charge is 2.29. The number of piperidine rings is 1. The molecule has 1 amide bonds. The fourth-order valence-corrected chi connectivity index (χ4v) is 2.28. The molecule has 0 radical (unpaired) electrons. The molecule has 0 bridgehead atoms. The fraction of sp³-hybridized carbons (Fsp3) is 0.615. The second-order valence-corrected chi connectivity index (χ2v) is 5.16. The number of amides is 1. The normalized spacial score (nSPS) is 23.2. The molecule has 1 aliphatic rings. The van der Waals surface area contributed by atoms with Gasteiger partial charge in [0.25, 0.3) is 5.91 Å². The summed E-state index contributed by atoms with van der Waals surface area (Å²) in [7, 11) is 0. The molecule has 1 saturated heterocycles. The summed E-state index contributed by atoms with van der Waals surface area (Å²) >= 11 is 0. The summed E-state index contributed by atoms with van der Waals surface area (Å²) in [6.45, 7) is 5.65. The summed E-state index contributed by atoms with van der Waals surface area (Å²) in [6, 6.07) is 3.44. The van der Waals surface area contributed by atoms with Crippen molar-refractivity contribution >= 4 is 11.7 Å². The largest absolute Gasteiger partial charge is 0.388 e. The van der Waals surface area contributed by atoms with Crippen LogP contribution in [0.3, 0.4) is 0 Å². The Morgan fingerprint density at radius 2 is 2.32 bits per heavy atom. The molecule has 0 spiro atoms. The lowest BCUT2D eigenvalue weighted by molar-refractivity contribution is 0.0446. The van der Waals surface area contributed by atoms with Crippen LogP contribution in [0.15, 0.2) is 12.1 Å². The van der Waals surface area contributed by atoms with Crippen LogP contribution in [0.4, 0.5) is 5.82 Å². The highest BCUT2D eigenvalue weighted by atomic mass is 16.3. The van der Waals surface area contributed by atoms with E-state index in [9.17, 15) is 9.90 Å². The Balaban J connectivity index is 2.08.